The average Bonchev–Trinajstić information content (AvgIpc) is 2.77. The third-order valence-electron chi connectivity index (χ3n) is 5.11. The van der Waals surface area contributed by atoms with E-state index in [2.05, 4.69) is 54.7 Å². The molecule has 0 saturated heterocycles. The van der Waals surface area contributed by atoms with Crippen molar-refractivity contribution < 1.29 is 9.53 Å². The molecule has 0 aromatic heterocycles. The van der Waals surface area contributed by atoms with Crippen LogP contribution in [0.2, 0.25) is 0 Å². The van der Waals surface area contributed by atoms with Crippen LogP contribution in [0.3, 0.4) is 0 Å². The molecule has 150 valence electrons. The van der Waals surface area contributed by atoms with Crippen LogP contribution >= 0.6 is 0 Å². The summed E-state index contributed by atoms with van der Waals surface area (Å²) in [6.45, 7) is 4.19. The maximum absolute atomic E-state index is 12.2. The first-order valence-electron chi connectivity index (χ1n) is 10.1. The summed E-state index contributed by atoms with van der Waals surface area (Å²) in [6, 6.07) is 26.3. The molecule has 0 fully saturated rings. The molecule has 1 amide bonds. The Morgan fingerprint density at radius 3 is 2.13 bits per heavy atom. The van der Waals surface area contributed by atoms with Crippen molar-refractivity contribution in [2.24, 2.45) is 5.10 Å². The molecule has 4 aromatic carbocycles. The van der Waals surface area contributed by atoms with Gasteiger partial charge >= 0.3 is 0 Å². The Morgan fingerprint density at radius 2 is 1.53 bits per heavy atom. The molecule has 0 spiro atoms. The molecule has 0 radical (unpaired) electrons. The van der Waals surface area contributed by atoms with E-state index < -0.39 is 0 Å². The van der Waals surface area contributed by atoms with Crippen LogP contribution < -0.4 is 10.2 Å². The van der Waals surface area contributed by atoms with Crippen molar-refractivity contribution in [3.8, 4) is 5.75 Å². The molecule has 0 aliphatic heterocycles. The van der Waals surface area contributed by atoms with E-state index in [4.69, 9.17) is 4.74 Å². The van der Waals surface area contributed by atoms with Crippen molar-refractivity contribution in [1.82, 2.24) is 5.43 Å². The highest BCUT2D eigenvalue weighted by molar-refractivity contribution is 6.13. The van der Waals surface area contributed by atoms with Crippen LogP contribution in [0.1, 0.15) is 30.9 Å². The summed E-state index contributed by atoms with van der Waals surface area (Å²) in [7, 11) is 0. The largest absolute Gasteiger partial charge is 0.484 e. The standard InChI is InChI=1S/C26H24N2O2/c1-18(2)19-11-13-22(14-12-19)30-17-26(29)28-27-16-25-23-9-5-3-7-20(23)15-21-8-4-6-10-24(21)25/h3-16,18H,17H2,1-2H3,(H,28,29). The minimum absolute atomic E-state index is 0.0886. The first-order valence-corrected chi connectivity index (χ1v) is 10.1. The number of carbonyl (C=O) groups excluding carboxylic acids is 1. The molecule has 1 N–H and O–H groups in total. The average molecular weight is 396 g/mol. The highest BCUT2D eigenvalue weighted by atomic mass is 16.5. The third kappa shape index (κ3) is 4.33. The molecule has 4 nitrogen and oxygen atoms in total. The van der Waals surface area contributed by atoms with Crippen molar-refractivity contribution in [3.63, 3.8) is 0 Å². The molecular weight excluding hydrogens is 372 g/mol. The topological polar surface area (TPSA) is 50.7 Å². The number of amides is 1. The van der Waals surface area contributed by atoms with Crippen LogP contribution in [0.4, 0.5) is 0 Å². The van der Waals surface area contributed by atoms with Gasteiger partial charge in [0.15, 0.2) is 6.61 Å². The molecule has 0 heterocycles. The van der Waals surface area contributed by atoms with E-state index in [1.807, 2.05) is 48.5 Å². The van der Waals surface area contributed by atoms with Crippen LogP contribution in [-0.4, -0.2) is 18.7 Å². The summed E-state index contributed by atoms with van der Waals surface area (Å²) in [6.07, 6.45) is 1.71. The third-order valence-corrected chi connectivity index (χ3v) is 5.11. The van der Waals surface area contributed by atoms with Crippen LogP contribution in [0, 0.1) is 0 Å². The fraction of sp³-hybridized carbons (Fsp3) is 0.154. The molecule has 0 atom stereocenters. The zero-order valence-corrected chi connectivity index (χ0v) is 17.1. The first kappa shape index (κ1) is 19.6. The Labute approximate surface area is 176 Å². The molecule has 4 aromatic rings. The van der Waals surface area contributed by atoms with E-state index in [0.717, 1.165) is 27.1 Å². The maximum Gasteiger partial charge on any atom is 0.277 e. The second-order valence-electron chi connectivity index (χ2n) is 7.54. The molecule has 0 bridgehead atoms. The molecule has 0 unspecified atom stereocenters. The van der Waals surface area contributed by atoms with E-state index in [9.17, 15) is 4.79 Å². The van der Waals surface area contributed by atoms with E-state index in [1.165, 1.54) is 5.56 Å². The Bertz CT molecular complexity index is 1160. The van der Waals surface area contributed by atoms with Crippen LogP contribution in [-0.2, 0) is 4.79 Å². The van der Waals surface area contributed by atoms with Gasteiger partial charge in [0.05, 0.1) is 6.21 Å². The van der Waals surface area contributed by atoms with Gasteiger partial charge in [0.1, 0.15) is 5.75 Å². The van der Waals surface area contributed by atoms with Crippen molar-refractivity contribution >= 4 is 33.7 Å². The molecule has 4 heteroatoms. The minimum atomic E-state index is -0.302. The molecule has 0 aliphatic carbocycles. The van der Waals surface area contributed by atoms with Gasteiger partial charge in [0.25, 0.3) is 5.91 Å². The lowest BCUT2D eigenvalue weighted by Gasteiger charge is -2.09. The summed E-state index contributed by atoms with van der Waals surface area (Å²) in [5.74, 6) is 0.823. The normalized spacial score (nSPS) is 11.4. The molecule has 30 heavy (non-hydrogen) atoms. The lowest BCUT2D eigenvalue weighted by molar-refractivity contribution is -0.123. The van der Waals surface area contributed by atoms with Gasteiger partial charge in [-0.3, -0.25) is 4.79 Å². The number of hydrogen-bond acceptors (Lipinski definition) is 3. The molecule has 0 aliphatic rings. The summed E-state index contributed by atoms with van der Waals surface area (Å²) in [5.41, 5.74) is 4.78. The van der Waals surface area contributed by atoms with Crippen molar-refractivity contribution in [3.05, 3.63) is 90.0 Å². The lowest BCUT2D eigenvalue weighted by atomic mass is 9.97. The smallest absolute Gasteiger partial charge is 0.277 e. The predicted molar refractivity (Wildman–Crippen MR) is 123 cm³/mol. The second-order valence-corrected chi connectivity index (χ2v) is 7.54. The van der Waals surface area contributed by atoms with Gasteiger partial charge in [-0.15, -0.1) is 0 Å². The Hall–Kier alpha value is -3.66. The summed E-state index contributed by atoms with van der Waals surface area (Å²) < 4.78 is 5.56. The Kier molecular flexibility index (Phi) is 5.75. The fourth-order valence-electron chi connectivity index (χ4n) is 3.49. The van der Waals surface area contributed by atoms with E-state index in [0.29, 0.717) is 11.7 Å². The number of hydrazone groups is 1. The molecule has 4 rings (SSSR count). The maximum atomic E-state index is 12.2. The second kappa shape index (κ2) is 8.78. The fourth-order valence-corrected chi connectivity index (χ4v) is 3.49. The van der Waals surface area contributed by atoms with Gasteiger partial charge < -0.3 is 4.74 Å². The number of rotatable bonds is 6. The van der Waals surface area contributed by atoms with E-state index in [1.54, 1.807) is 6.21 Å². The summed E-state index contributed by atoms with van der Waals surface area (Å²) >= 11 is 0. The highest BCUT2D eigenvalue weighted by Gasteiger charge is 2.06. The van der Waals surface area contributed by atoms with Crippen LogP contribution in [0.25, 0.3) is 21.5 Å². The molecule has 0 saturated carbocycles. The number of hydrogen-bond donors (Lipinski definition) is 1. The van der Waals surface area contributed by atoms with Gasteiger partial charge in [0, 0.05) is 5.56 Å². The zero-order chi connectivity index (χ0) is 20.9. The Morgan fingerprint density at radius 1 is 0.933 bits per heavy atom. The van der Waals surface area contributed by atoms with Crippen molar-refractivity contribution in [2.45, 2.75) is 19.8 Å². The predicted octanol–water partition coefficient (Wildman–Crippen LogP) is 5.65. The Balaban J connectivity index is 1.46. The van der Waals surface area contributed by atoms with Crippen LogP contribution in [0.15, 0.2) is 84.0 Å². The number of nitrogens with one attached hydrogen (secondary N) is 1. The number of fused-ring (bicyclic) bond motifs is 2. The summed E-state index contributed by atoms with van der Waals surface area (Å²) in [5, 5.41) is 8.65. The first-order chi connectivity index (χ1) is 14.6. The van der Waals surface area contributed by atoms with Gasteiger partial charge in [-0.25, -0.2) is 5.43 Å². The van der Waals surface area contributed by atoms with E-state index in [-0.39, 0.29) is 12.5 Å². The highest BCUT2D eigenvalue weighted by Crippen LogP contribution is 2.27. The van der Waals surface area contributed by atoms with Crippen molar-refractivity contribution in [1.29, 1.82) is 0 Å². The van der Waals surface area contributed by atoms with Crippen LogP contribution in [0.5, 0.6) is 5.75 Å². The number of carbonyl (C=O) groups is 1. The van der Waals surface area contributed by atoms with Crippen molar-refractivity contribution in [2.75, 3.05) is 6.61 Å². The van der Waals surface area contributed by atoms with Gasteiger partial charge in [-0.05, 0) is 51.2 Å². The SMILES string of the molecule is CC(C)c1ccc(OCC(=O)NN=Cc2c3ccccc3cc3ccccc23)cc1. The summed E-state index contributed by atoms with van der Waals surface area (Å²) in [4.78, 5) is 12.2. The minimum Gasteiger partial charge on any atom is -0.484 e. The number of nitrogens with zero attached hydrogens (tertiary/aromatic N) is 1. The quantitative estimate of drug-likeness (QED) is 0.260. The van der Waals surface area contributed by atoms with Gasteiger partial charge in [-0.2, -0.15) is 5.10 Å². The number of benzene rings is 4. The lowest BCUT2D eigenvalue weighted by Crippen LogP contribution is -2.24. The monoisotopic (exact) mass is 396 g/mol. The van der Waals surface area contributed by atoms with Gasteiger partial charge in [0.2, 0.25) is 0 Å². The van der Waals surface area contributed by atoms with Gasteiger partial charge in [-0.1, -0.05) is 74.5 Å². The van der Waals surface area contributed by atoms with E-state index >= 15 is 0 Å². The number of ether oxygens (including phenoxy) is 1. The molecular formula is C26H24N2O2. The zero-order valence-electron chi connectivity index (χ0n) is 17.1.